The number of hydrogen-bond acceptors (Lipinski definition) is 2. The minimum atomic E-state index is -0.119. The van der Waals surface area contributed by atoms with E-state index in [0.29, 0.717) is 0 Å². The lowest BCUT2D eigenvalue weighted by Crippen LogP contribution is -2.05. The molecule has 0 aliphatic heterocycles. The van der Waals surface area contributed by atoms with Crippen LogP contribution in [0.1, 0.15) is 5.56 Å². The van der Waals surface area contributed by atoms with Gasteiger partial charge in [-0.1, -0.05) is 28.1 Å². The molecule has 2 aromatic heterocycles. The third kappa shape index (κ3) is 1.76. The predicted octanol–water partition coefficient (Wildman–Crippen LogP) is 2.76. The van der Waals surface area contributed by atoms with Gasteiger partial charge in [0.25, 0.3) is 5.56 Å². The monoisotopic (exact) mass is 303 g/mol. The average Bonchev–Trinajstić information content (AvgIpc) is 2.67. The molecule has 0 spiro atoms. The Morgan fingerprint density at radius 3 is 2.94 bits per heavy atom. The number of H-pyrrole nitrogens is 1. The molecule has 18 heavy (non-hydrogen) atoms. The molecule has 2 heterocycles. The molecule has 0 bridgehead atoms. The maximum atomic E-state index is 11.3. The van der Waals surface area contributed by atoms with Gasteiger partial charge in [-0.25, -0.2) is 4.52 Å². The summed E-state index contributed by atoms with van der Waals surface area (Å²) in [5.74, 6) is 0. The van der Waals surface area contributed by atoms with Crippen LogP contribution in [0.2, 0.25) is 0 Å². The molecule has 0 unspecified atom stereocenters. The van der Waals surface area contributed by atoms with Crippen molar-refractivity contribution in [1.29, 1.82) is 0 Å². The number of nitrogens with one attached hydrogen (secondary N) is 1. The van der Waals surface area contributed by atoms with Crippen LogP contribution < -0.4 is 5.56 Å². The molecule has 4 nitrogen and oxygen atoms in total. The number of rotatable bonds is 1. The fourth-order valence-corrected chi connectivity index (χ4v) is 2.38. The van der Waals surface area contributed by atoms with Crippen LogP contribution >= 0.6 is 15.9 Å². The molecule has 1 aromatic carbocycles. The average molecular weight is 304 g/mol. The van der Waals surface area contributed by atoms with Crippen molar-refractivity contribution >= 4 is 21.6 Å². The van der Waals surface area contributed by atoms with Gasteiger partial charge in [-0.3, -0.25) is 4.79 Å². The second-order valence-corrected chi connectivity index (χ2v) is 5.00. The molecule has 0 aliphatic rings. The SMILES string of the molecule is Cc1c(-c2cccc(Br)c2)nn2ccc(=O)[nH]c12. The van der Waals surface area contributed by atoms with Crippen LogP contribution in [-0.2, 0) is 0 Å². The van der Waals surface area contributed by atoms with E-state index in [4.69, 9.17) is 0 Å². The minimum Gasteiger partial charge on any atom is -0.307 e. The van der Waals surface area contributed by atoms with Crippen LogP contribution in [0.15, 0.2) is 45.8 Å². The van der Waals surface area contributed by atoms with Crippen molar-refractivity contribution < 1.29 is 0 Å². The Hall–Kier alpha value is -1.88. The standard InChI is InChI=1S/C13H10BrN3O/c1-8-12(9-3-2-4-10(14)7-9)16-17-6-5-11(18)15-13(8)17/h2-7H,1H3,(H,15,18). The largest absolute Gasteiger partial charge is 0.307 e. The number of aryl methyl sites for hydroxylation is 1. The van der Waals surface area contributed by atoms with E-state index in [1.165, 1.54) is 6.07 Å². The Morgan fingerprint density at radius 2 is 2.17 bits per heavy atom. The van der Waals surface area contributed by atoms with Crippen LogP contribution in [0, 0.1) is 6.92 Å². The highest BCUT2D eigenvalue weighted by atomic mass is 79.9. The summed E-state index contributed by atoms with van der Waals surface area (Å²) in [6, 6.07) is 9.40. The zero-order chi connectivity index (χ0) is 12.7. The smallest absolute Gasteiger partial charge is 0.251 e. The Kier molecular flexibility index (Phi) is 2.56. The van der Waals surface area contributed by atoms with Crippen LogP contribution in [-0.4, -0.2) is 14.6 Å². The lowest BCUT2D eigenvalue weighted by atomic mass is 10.1. The number of benzene rings is 1. The van der Waals surface area contributed by atoms with Crippen LogP contribution in [0.4, 0.5) is 0 Å². The summed E-state index contributed by atoms with van der Waals surface area (Å²) in [6.45, 7) is 1.95. The third-order valence-corrected chi connectivity index (χ3v) is 3.35. The fourth-order valence-electron chi connectivity index (χ4n) is 1.98. The van der Waals surface area contributed by atoms with Gasteiger partial charge >= 0.3 is 0 Å². The van der Waals surface area contributed by atoms with Crippen molar-refractivity contribution in [3.63, 3.8) is 0 Å². The van der Waals surface area contributed by atoms with Gasteiger partial charge in [-0.15, -0.1) is 0 Å². The maximum absolute atomic E-state index is 11.3. The van der Waals surface area contributed by atoms with Gasteiger partial charge in [-0.05, 0) is 19.1 Å². The van der Waals surface area contributed by atoms with E-state index < -0.39 is 0 Å². The topological polar surface area (TPSA) is 50.2 Å². The number of fused-ring (bicyclic) bond motifs is 1. The van der Waals surface area contributed by atoms with Gasteiger partial charge in [-0.2, -0.15) is 5.10 Å². The summed E-state index contributed by atoms with van der Waals surface area (Å²) < 4.78 is 2.69. The first-order valence-electron chi connectivity index (χ1n) is 5.49. The molecule has 0 fully saturated rings. The molecule has 0 saturated carbocycles. The molecule has 1 N–H and O–H groups in total. The summed E-state index contributed by atoms with van der Waals surface area (Å²) in [5, 5.41) is 4.49. The lowest BCUT2D eigenvalue weighted by Gasteiger charge is -1.98. The normalized spacial score (nSPS) is 11.0. The van der Waals surface area contributed by atoms with Crippen LogP contribution in [0.3, 0.4) is 0 Å². The number of aromatic amines is 1. The molecule has 0 radical (unpaired) electrons. The Balaban J connectivity index is 2.30. The molecule has 0 atom stereocenters. The van der Waals surface area contributed by atoms with Crippen molar-refractivity contribution in [1.82, 2.24) is 14.6 Å². The molecule has 5 heteroatoms. The summed E-state index contributed by atoms with van der Waals surface area (Å²) >= 11 is 3.45. The van der Waals surface area contributed by atoms with Gasteiger partial charge in [0.1, 0.15) is 5.65 Å². The van der Waals surface area contributed by atoms with Crippen molar-refractivity contribution in [2.24, 2.45) is 0 Å². The second kappa shape index (κ2) is 4.10. The van der Waals surface area contributed by atoms with E-state index in [1.54, 1.807) is 10.7 Å². The number of halogens is 1. The Bertz CT molecular complexity index is 788. The molecular formula is C13H10BrN3O. The van der Waals surface area contributed by atoms with Crippen LogP contribution in [0.25, 0.3) is 16.9 Å². The van der Waals surface area contributed by atoms with Crippen molar-refractivity contribution in [3.05, 3.63) is 56.9 Å². The first kappa shape index (κ1) is 11.2. The van der Waals surface area contributed by atoms with E-state index in [1.807, 2.05) is 31.2 Å². The van der Waals surface area contributed by atoms with E-state index >= 15 is 0 Å². The molecule has 3 aromatic rings. The summed E-state index contributed by atoms with van der Waals surface area (Å²) in [5.41, 5.74) is 3.47. The van der Waals surface area contributed by atoms with E-state index in [0.717, 1.165) is 26.9 Å². The zero-order valence-electron chi connectivity index (χ0n) is 9.64. The van der Waals surface area contributed by atoms with Crippen molar-refractivity contribution in [2.75, 3.05) is 0 Å². The molecule has 90 valence electrons. The third-order valence-electron chi connectivity index (χ3n) is 2.85. The van der Waals surface area contributed by atoms with Gasteiger partial charge in [0.05, 0.1) is 5.69 Å². The van der Waals surface area contributed by atoms with Crippen LogP contribution in [0.5, 0.6) is 0 Å². The Morgan fingerprint density at radius 1 is 1.33 bits per heavy atom. The minimum absolute atomic E-state index is 0.119. The van der Waals surface area contributed by atoms with Gasteiger partial charge < -0.3 is 4.98 Å². The number of nitrogens with zero attached hydrogens (tertiary/aromatic N) is 2. The summed E-state index contributed by atoms with van der Waals surface area (Å²) in [4.78, 5) is 14.1. The summed E-state index contributed by atoms with van der Waals surface area (Å²) in [6.07, 6.45) is 1.67. The van der Waals surface area contributed by atoms with E-state index in [9.17, 15) is 4.79 Å². The van der Waals surface area contributed by atoms with Gasteiger partial charge in [0, 0.05) is 27.9 Å². The molecule has 0 aliphatic carbocycles. The highest BCUT2D eigenvalue weighted by Crippen LogP contribution is 2.26. The number of aromatic nitrogens is 3. The van der Waals surface area contributed by atoms with E-state index in [-0.39, 0.29) is 5.56 Å². The second-order valence-electron chi connectivity index (χ2n) is 4.08. The van der Waals surface area contributed by atoms with Crippen molar-refractivity contribution in [2.45, 2.75) is 6.92 Å². The van der Waals surface area contributed by atoms with Gasteiger partial charge in [0.15, 0.2) is 0 Å². The zero-order valence-corrected chi connectivity index (χ0v) is 11.2. The quantitative estimate of drug-likeness (QED) is 0.751. The van der Waals surface area contributed by atoms with Crippen molar-refractivity contribution in [3.8, 4) is 11.3 Å². The van der Waals surface area contributed by atoms with E-state index in [2.05, 4.69) is 26.0 Å². The predicted molar refractivity (Wildman–Crippen MR) is 73.7 cm³/mol. The Labute approximate surface area is 111 Å². The molecule has 3 rings (SSSR count). The first-order valence-corrected chi connectivity index (χ1v) is 6.28. The van der Waals surface area contributed by atoms with Gasteiger partial charge in [0.2, 0.25) is 0 Å². The first-order chi connectivity index (χ1) is 8.65. The maximum Gasteiger partial charge on any atom is 0.251 e. The lowest BCUT2D eigenvalue weighted by molar-refractivity contribution is 0.934. The molecular weight excluding hydrogens is 294 g/mol. The number of hydrogen-bond donors (Lipinski definition) is 1. The fraction of sp³-hybridized carbons (Fsp3) is 0.0769. The molecule has 0 saturated heterocycles. The molecule has 0 amide bonds. The highest BCUT2D eigenvalue weighted by molar-refractivity contribution is 9.10. The summed E-state index contributed by atoms with van der Waals surface area (Å²) in [7, 11) is 0. The highest BCUT2D eigenvalue weighted by Gasteiger charge is 2.11.